The molecule has 6 nitrogen and oxygen atoms in total. The van der Waals surface area contributed by atoms with Crippen LogP contribution in [0.2, 0.25) is 19.1 Å². The van der Waals surface area contributed by atoms with Crippen molar-refractivity contribution in [1.29, 1.82) is 0 Å². The molecular formula is C8H20O6S3Si. The monoisotopic (exact) mass is 336 g/mol. The van der Waals surface area contributed by atoms with Crippen molar-refractivity contribution in [2.75, 3.05) is 18.8 Å². The van der Waals surface area contributed by atoms with E-state index in [-0.39, 0.29) is 6.04 Å². The molecule has 18 heavy (non-hydrogen) atoms. The smallest absolute Gasteiger partial charge is 0.227 e. The lowest BCUT2D eigenvalue weighted by Crippen LogP contribution is -2.67. The lowest BCUT2D eigenvalue weighted by atomic mass is 11.0. The summed E-state index contributed by atoms with van der Waals surface area (Å²) in [5.74, 6) is 0. The van der Waals surface area contributed by atoms with Crippen LogP contribution in [-0.4, -0.2) is 55.1 Å². The zero-order valence-corrected chi connectivity index (χ0v) is 14.8. The third-order valence-corrected chi connectivity index (χ3v) is 23.3. The van der Waals surface area contributed by atoms with E-state index in [2.05, 4.69) is 0 Å². The van der Waals surface area contributed by atoms with Crippen LogP contribution in [0.25, 0.3) is 0 Å². The van der Waals surface area contributed by atoms with Crippen LogP contribution in [0.5, 0.6) is 0 Å². The molecule has 0 aliphatic rings. The first-order chi connectivity index (χ1) is 7.56. The van der Waals surface area contributed by atoms with Crippen LogP contribution in [0, 0.1) is 0 Å². The fourth-order valence-electron chi connectivity index (χ4n) is 2.55. The molecule has 0 spiro atoms. The molecule has 110 valence electrons. The molecule has 0 rings (SSSR count). The Morgan fingerprint density at radius 3 is 1.06 bits per heavy atom. The third kappa shape index (κ3) is 2.39. The summed E-state index contributed by atoms with van der Waals surface area (Å²) in [6.07, 6.45) is 2.04. The molecule has 0 amide bonds. The lowest BCUT2D eigenvalue weighted by molar-refractivity contribution is 0.572. The quantitative estimate of drug-likeness (QED) is 0.657. The van der Waals surface area contributed by atoms with Crippen LogP contribution in [0.3, 0.4) is 0 Å². The second-order valence-corrected chi connectivity index (χ2v) is 18.7. The highest BCUT2D eigenvalue weighted by atomic mass is 32.3. The predicted molar refractivity (Wildman–Crippen MR) is 75.2 cm³/mol. The summed E-state index contributed by atoms with van der Waals surface area (Å²) in [7, 11) is -16.1. The van der Waals surface area contributed by atoms with Crippen LogP contribution >= 0.6 is 0 Å². The average Bonchev–Trinajstić information content (AvgIpc) is 1.94. The standard InChI is InChI=1S/C8H20O6S3Si/c1-7-18(5,6)8(15(2,9)10,16(3,11)12)17(4,13)14/h7H2,1-6H3. The summed E-state index contributed by atoms with van der Waals surface area (Å²) in [4.78, 5) is 0. The molecule has 0 atom stereocenters. The van der Waals surface area contributed by atoms with E-state index in [1.165, 1.54) is 13.1 Å². The van der Waals surface area contributed by atoms with Gasteiger partial charge in [-0.2, -0.15) is 0 Å². The Morgan fingerprint density at radius 1 is 0.778 bits per heavy atom. The fraction of sp³-hybridized carbons (Fsp3) is 1.00. The highest BCUT2D eigenvalue weighted by Gasteiger charge is 2.68. The Hall–Kier alpha value is 0.0669. The molecule has 0 saturated carbocycles. The van der Waals surface area contributed by atoms with Gasteiger partial charge >= 0.3 is 0 Å². The van der Waals surface area contributed by atoms with Gasteiger partial charge in [0, 0.05) is 18.8 Å². The number of hydrogen-bond donors (Lipinski definition) is 0. The first kappa shape index (κ1) is 18.1. The van der Waals surface area contributed by atoms with Gasteiger partial charge < -0.3 is 0 Å². The molecule has 0 fully saturated rings. The van der Waals surface area contributed by atoms with Gasteiger partial charge in [0.15, 0.2) is 29.5 Å². The van der Waals surface area contributed by atoms with Crippen molar-refractivity contribution in [1.82, 2.24) is 0 Å². The van der Waals surface area contributed by atoms with Gasteiger partial charge in [-0.3, -0.25) is 0 Å². The van der Waals surface area contributed by atoms with Crippen LogP contribution in [0.4, 0.5) is 0 Å². The molecule has 0 saturated heterocycles. The minimum atomic E-state index is -4.33. The Balaban J connectivity index is 7.15. The van der Waals surface area contributed by atoms with E-state index in [1.54, 1.807) is 6.92 Å². The average molecular weight is 337 g/mol. The van der Waals surface area contributed by atoms with Crippen LogP contribution in [0.1, 0.15) is 6.92 Å². The van der Waals surface area contributed by atoms with Crippen molar-refractivity contribution in [3.05, 3.63) is 0 Å². The summed E-state index contributed by atoms with van der Waals surface area (Å²) in [5.41, 5.74) is 0. The molecule has 0 N–H and O–H groups in total. The summed E-state index contributed by atoms with van der Waals surface area (Å²) in [6.45, 7) is 4.55. The van der Waals surface area contributed by atoms with Gasteiger partial charge in [-0.05, 0) is 0 Å². The highest BCUT2D eigenvalue weighted by Crippen LogP contribution is 2.40. The fourth-order valence-corrected chi connectivity index (χ4v) is 22.9. The summed E-state index contributed by atoms with van der Waals surface area (Å²) in [5, 5.41) is 0. The molecule has 0 aromatic heterocycles. The second kappa shape index (κ2) is 4.56. The zero-order valence-electron chi connectivity index (χ0n) is 11.4. The van der Waals surface area contributed by atoms with Gasteiger partial charge in [-0.25, -0.2) is 25.3 Å². The molecule has 0 aliphatic heterocycles. The minimum Gasteiger partial charge on any atom is -0.227 e. The van der Waals surface area contributed by atoms with E-state index in [4.69, 9.17) is 0 Å². The normalized spacial score (nSPS) is 15.7. The summed E-state index contributed by atoms with van der Waals surface area (Å²) >= 11 is 0. The molecule has 0 radical (unpaired) electrons. The van der Waals surface area contributed by atoms with Crippen molar-refractivity contribution < 1.29 is 25.3 Å². The van der Waals surface area contributed by atoms with E-state index in [0.717, 1.165) is 0 Å². The number of sulfone groups is 3. The molecule has 0 aromatic rings. The molecule has 0 unspecified atom stereocenters. The van der Waals surface area contributed by atoms with Crippen LogP contribution in [0.15, 0.2) is 0 Å². The topological polar surface area (TPSA) is 102 Å². The highest BCUT2D eigenvalue weighted by molar-refractivity contribution is 8.28. The Labute approximate surface area is 111 Å². The van der Waals surface area contributed by atoms with Crippen molar-refractivity contribution in [2.24, 2.45) is 0 Å². The van der Waals surface area contributed by atoms with E-state index in [9.17, 15) is 25.3 Å². The molecule has 0 aromatic carbocycles. The van der Waals surface area contributed by atoms with E-state index in [0.29, 0.717) is 18.8 Å². The van der Waals surface area contributed by atoms with Crippen LogP contribution < -0.4 is 0 Å². The summed E-state index contributed by atoms with van der Waals surface area (Å²) in [6, 6.07) is 0.222. The Morgan fingerprint density at radius 2 is 1.00 bits per heavy atom. The van der Waals surface area contributed by atoms with Gasteiger partial charge in [-0.1, -0.05) is 26.1 Å². The maximum absolute atomic E-state index is 12.0. The minimum absolute atomic E-state index is 0.222. The number of hydrogen-bond acceptors (Lipinski definition) is 6. The Kier molecular flexibility index (Phi) is 4.58. The van der Waals surface area contributed by atoms with Gasteiger partial charge in [-0.15, -0.1) is 0 Å². The van der Waals surface area contributed by atoms with Gasteiger partial charge in [0.2, 0.25) is 0 Å². The SMILES string of the molecule is CC[Si](C)(C)C(S(C)(=O)=O)(S(C)(=O)=O)S(C)(=O)=O. The van der Waals surface area contributed by atoms with Gasteiger partial charge in [0.25, 0.3) is 3.03 Å². The van der Waals surface area contributed by atoms with Crippen LogP contribution in [-0.2, 0) is 29.5 Å². The Bertz CT molecular complexity index is 547. The third-order valence-electron chi connectivity index (χ3n) is 3.18. The first-order valence-corrected chi connectivity index (χ1v) is 14.0. The largest absolute Gasteiger partial charge is 0.256 e. The van der Waals surface area contributed by atoms with Crippen molar-refractivity contribution in [3.8, 4) is 0 Å². The van der Waals surface area contributed by atoms with Crippen molar-refractivity contribution in [3.63, 3.8) is 0 Å². The van der Waals surface area contributed by atoms with Crippen molar-refractivity contribution in [2.45, 2.75) is 29.1 Å². The molecule has 0 bridgehead atoms. The maximum Gasteiger partial charge on any atom is 0.256 e. The second-order valence-electron chi connectivity index (χ2n) is 5.11. The maximum atomic E-state index is 12.0. The summed E-state index contributed by atoms with van der Waals surface area (Å²) < 4.78 is 69.5. The molecule has 10 heteroatoms. The lowest BCUT2D eigenvalue weighted by Gasteiger charge is -2.39. The predicted octanol–water partition coefficient (Wildman–Crippen LogP) is 0.0415. The van der Waals surface area contributed by atoms with E-state index < -0.39 is 40.6 Å². The van der Waals surface area contributed by atoms with Crippen molar-refractivity contribution >= 4 is 37.6 Å². The zero-order chi connectivity index (χ0) is 15.2. The molecule has 0 heterocycles. The van der Waals surface area contributed by atoms with E-state index >= 15 is 0 Å². The number of rotatable bonds is 5. The van der Waals surface area contributed by atoms with Gasteiger partial charge in [0.05, 0.1) is 0 Å². The molecule has 0 aliphatic carbocycles. The molecular weight excluding hydrogens is 316 g/mol. The first-order valence-electron chi connectivity index (χ1n) is 5.15. The van der Waals surface area contributed by atoms with Gasteiger partial charge in [0.1, 0.15) is 8.07 Å². The van der Waals surface area contributed by atoms with E-state index in [1.807, 2.05) is 0 Å².